The molecule has 0 saturated heterocycles. The lowest BCUT2D eigenvalue weighted by Crippen LogP contribution is -2.36. The Bertz CT molecular complexity index is 417. The molecule has 0 aromatic carbocycles. The monoisotopic (exact) mass is 230 g/mol. The molecule has 88 valence electrons. The normalized spacial score (nSPS) is 11.2. The molecular weight excluding hydrogens is 216 g/mol. The Morgan fingerprint density at radius 3 is 2.94 bits per heavy atom. The van der Waals surface area contributed by atoms with Crippen molar-refractivity contribution in [1.29, 1.82) is 5.26 Å². The van der Waals surface area contributed by atoms with E-state index in [1.807, 2.05) is 12.1 Å². The molecule has 2 N–H and O–H groups in total. The summed E-state index contributed by atoms with van der Waals surface area (Å²) in [5.41, 5.74) is 1.01. The third-order valence-corrected chi connectivity index (χ3v) is 1.88. The Labute approximate surface area is 100 Å². The van der Waals surface area contributed by atoms with Crippen LogP contribution in [-0.4, -0.2) is 37.3 Å². The van der Waals surface area contributed by atoms with E-state index in [9.17, 15) is 0 Å². The van der Waals surface area contributed by atoms with Gasteiger partial charge in [0.1, 0.15) is 0 Å². The van der Waals surface area contributed by atoms with Gasteiger partial charge >= 0.3 is 0 Å². The van der Waals surface area contributed by atoms with Crippen LogP contribution in [0.3, 0.4) is 0 Å². The van der Waals surface area contributed by atoms with Crippen LogP contribution in [-0.2, 0) is 0 Å². The van der Waals surface area contributed by atoms with E-state index >= 15 is 0 Å². The Morgan fingerprint density at radius 2 is 2.29 bits per heavy atom. The number of aromatic nitrogens is 1. The van der Waals surface area contributed by atoms with E-state index in [-0.39, 0.29) is 0 Å². The van der Waals surface area contributed by atoms with Crippen molar-refractivity contribution in [3.63, 3.8) is 0 Å². The maximum absolute atomic E-state index is 8.37. The summed E-state index contributed by atoms with van der Waals surface area (Å²) in [6.45, 7) is 1.22. The Hall–Kier alpha value is -2.42. The van der Waals surface area contributed by atoms with Crippen LogP contribution in [0.2, 0.25) is 0 Å². The average Bonchev–Trinajstić information content (AvgIpc) is 2.38. The second-order valence-electron chi connectivity index (χ2n) is 3.05. The van der Waals surface area contributed by atoms with E-state index in [0.717, 1.165) is 5.56 Å². The van der Waals surface area contributed by atoms with E-state index < -0.39 is 0 Å². The standard InChI is InChI=1S/C11H14N6/c1-13-11(17-9-12)16-7-6-15-8-10-2-4-14-5-3-10/h2-5,8H,6-7H2,1H3,(H2,13,16,17)/b15-8+. The number of pyridine rings is 1. The zero-order valence-corrected chi connectivity index (χ0v) is 9.59. The summed E-state index contributed by atoms with van der Waals surface area (Å²) in [6.07, 6.45) is 6.93. The topological polar surface area (TPSA) is 85.5 Å². The Kier molecular flexibility index (Phi) is 5.82. The summed E-state index contributed by atoms with van der Waals surface area (Å²) in [6, 6.07) is 3.76. The summed E-state index contributed by atoms with van der Waals surface area (Å²) in [4.78, 5) is 11.7. The number of guanidine groups is 1. The summed E-state index contributed by atoms with van der Waals surface area (Å²) in [5, 5.41) is 14.1. The molecule has 0 radical (unpaired) electrons. The van der Waals surface area contributed by atoms with Crippen molar-refractivity contribution < 1.29 is 0 Å². The molecule has 1 aromatic heterocycles. The number of hydrogen-bond acceptors (Lipinski definition) is 4. The molecule has 6 nitrogen and oxygen atoms in total. The van der Waals surface area contributed by atoms with Crippen LogP contribution in [0.5, 0.6) is 0 Å². The van der Waals surface area contributed by atoms with E-state index in [1.54, 1.807) is 31.8 Å². The number of nitrogens with zero attached hydrogens (tertiary/aromatic N) is 4. The van der Waals surface area contributed by atoms with Gasteiger partial charge in [0, 0.05) is 32.2 Å². The van der Waals surface area contributed by atoms with Gasteiger partial charge in [-0.2, -0.15) is 5.26 Å². The molecule has 6 heteroatoms. The Morgan fingerprint density at radius 1 is 1.53 bits per heavy atom. The molecule has 0 aliphatic heterocycles. The van der Waals surface area contributed by atoms with E-state index in [4.69, 9.17) is 5.26 Å². The molecule has 0 atom stereocenters. The number of hydrogen-bond donors (Lipinski definition) is 2. The molecule has 0 bridgehead atoms. The summed E-state index contributed by atoms with van der Waals surface area (Å²) in [7, 11) is 1.70. The van der Waals surface area contributed by atoms with Crippen molar-refractivity contribution in [3.8, 4) is 6.19 Å². The van der Waals surface area contributed by atoms with Crippen molar-refractivity contribution >= 4 is 12.2 Å². The van der Waals surface area contributed by atoms with Crippen molar-refractivity contribution in [2.75, 3.05) is 20.1 Å². The van der Waals surface area contributed by atoms with Gasteiger partial charge in [-0.05, 0) is 17.7 Å². The van der Waals surface area contributed by atoms with Gasteiger partial charge in [0.15, 0.2) is 0 Å². The SMILES string of the molecule is CN/C(=N\C#N)NCC/N=C/c1ccncc1. The molecule has 1 heterocycles. The number of nitrogens with one attached hydrogen (secondary N) is 2. The molecule has 1 aromatic rings. The minimum Gasteiger partial charge on any atom is -0.359 e. The van der Waals surface area contributed by atoms with Crippen LogP contribution in [0.4, 0.5) is 0 Å². The highest BCUT2D eigenvalue weighted by Gasteiger charge is 1.91. The zero-order valence-electron chi connectivity index (χ0n) is 9.59. The molecule has 1 rings (SSSR count). The summed E-state index contributed by atoms with van der Waals surface area (Å²) >= 11 is 0. The van der Waals surface area contributed by atoms with Gasteiger partial charge in [0.25, 0.3) is 0 Å². The molecule has 0 amide bonds. The lowest BCUT2D eigenvalue weighted by atomic mass is 10.3. The molecular formula is C11H14N6. The molecule has 0 aliphatic rings. The highest BCUT2D eigenvalue weighted by molar-refractivity contribution is 5.80. The molecule has 0 unspecified atom stereocenters. The first kappa shape index (κ1) is 12.6. The third-order valence-electron chi connectivity index (χ3n) is 1.88. The first-order valence-electron chi connectivity index (χ1n) is 5.15. The van der Waals surface area contributed by atoms with Crippen LogP contribution in [0.25, 0.3) is 0 Å². The fourth-order valence-electron chi connectivity index (χ4n) is 1.09. The molecule has 0 saturated carbocycles. The van der Waals surface area contributed by atoms with Crippen molar-refractivity contribution in [3.05, 3.63) is 30.1 Å². The lowest BCUT2D eigenvalue weighted by molar-refractivity contribution is 0.848. The highest BCUT2D eigenvalue weighted by atomic mass is 15.2. The maximum atomic E-state index is 8.37. The van der Waals surface area contributed by atoms with Gasteiger partial charge in [0.05, 0.1) is 6.54 Å². The summed E-state index contributed by atoms with van der Waals surface area (Å²) in [5.74, 6) is 0.451. The van der Waals surface area contributed by atoms with Gasteiger partial charge in [-0.3, -0.25) is 9.98 Å². The smallest absolute Gasteiger partial charge is 0.209 e. The second-order valence-corrected chi connectivity index (χ2v) is 3.05. The quantitative estimate of drug-likeness (QED) is 0.333. The third kappa shape index (κ3) is 5.28. The predicted molar refractivity (Wildman–Crippen MR) is 66.8 cm³/mol. The van der Waals surface area contributed by atoms with Gasteiger partial charge in [-0.1, -0.05) is 0 Å². The van der Waals surface area contributed by atoms with E-state index in [0.29, 0.717) is 19.0 Å². The molecule has 0 fully saturated rings. The first-order chi connectivity index (χ1) is 8.36. The van der Waals surface area contributed by atoms with E-state index in [1.165, 1.54) is 0 Å². The minimum absolute atomic E-state index is 0.451. The first-order valence-corrected chi connectivity index (χ1v) is 5.15. The number of rotatable bonds is 4. The average molecular weight is 230 g/mol. The maximum Gasteiger partial charge on any atom is 0.209 e. The van der Waals surface area contributed by atoms with Crippen molar-refractivity contribution in [2.24, 2.45) is 9.98 Å². The molecule has 0 aliphatic carbocycles. The largest absolute Gasteiger partial charge is 0.359 e. The van der Waals surface area contributed by atoms with Gasteiger partial charge in [-0.25, -0.2) is 0 Å². The second kappa shape index (κ2) is 7.82. The van der Waals surface area contributed by atoms with Gasteiger partial charge < -0.3 is 10.6 Å². The molecule has 0 spiro atoms. The summed E-state index contributed by atoms with van der Waals surface area (Å²) < 4.78 is 0. The van der Waals surface area contributed by atoms with Crippen LogP contribution in [0.15, 0.2) is 34.5 Å². The highest BCUT2D eigenvalue weighted by Crippen LogP contribution is 1.90. The lowest BCUT2D eigenvalue weighted by Gasteiger charge is -2.04. The molecule has 17 heavy (non-hydrogen) atoms. The van der Waals surface area contributed by atoms with Crippen molar-refractivity contribution in [2.45, 2.75) is 0 Å². The van der Waals surface area contributed by atoms with Crippen LogP contribution < -0.4 is 10.6 Å². The fourth-order valence-corrected chi connectivity index (χ4v) is 1.09. The number of nitriles is 1. The van der Waals surface area contributed by atoms with Crippen LogP contribution in [0.1, 0.15) is 5.56 Å². The van der Waals surface area contributed by atoms with Gasteiger partial charge in [-0.15, -0.1) is 4.99 Å². The number of aliphatic imine (C=N–C) groups is 2. The fraction of sp³-hybridized carbons (Fsp3) is 0.273. The van der Waals surface area contributed by atoms with Crippen molar-refractivity contribution in [1.82, 2.24) is 15.6 Å². The zero-order chi connectivity index (χ0) is 12.3. The van der Waals surface area contributed by atoms with E-state index in [2.05, 4.69) is 25.6 Å². The predicted octanol–water partition coefficient (Wildman–Crippen LogP) is 0.147. The van der Waals surface area contributed by atoms with Gasteiger partial charge in [0.2, 0.25) is 12.2 Å². The van der Waals surface area contributed by atoms with Crippen LogP contribution >= 0.6 is 0 Å². The minimum atomic E-state index is 0.451. The Balaban J connectivity index is 2.27. The van der Waals surface area contributed by atoms with Crippen LogP contribution in [0, 0.1) is 11.5 Å².